The molecule has 0 rings (SSSR count). The Balaban J connectivity index is 3.32. The molecule has 1 nitrogen and oxygen atoms in total. The predicted octanol–water partition coefficient (Wildman–Crippen LogP) is 6.47. The lowest BCUT2D eigenvalue weighted by atomic mass is 9.89. The molecule has 0 fully saturated rings. The molecular weight excluding hydrogens is 242 g/mol. The van der Waals surface area contributed by atoms with Crippen LogP contribution in [0.1, 0.15) is 111 Å². The number of hydrogen-bond donors (Lipinski definition) is 1. The molecule has 0 bridgehead atoms. The van der Waals surface area contributed by atoms with E-state index in [2.05, 4.69) is 33.0 Å². The van der Waals surface area contributed by atoms with E-state index in [9.17, 15) is 0 Å². The molecule has 0 amide bonds. The first-order chi connectivity index (χ1) is 9.74. The van der Waals surface area contributed by atoms with Crippen molar-refractivity contribution in [3.63, 3.8) is 0 Å². The highest BCUT2D eigenvalue weighted by molar-refractivity contribution is 4.83. The van der Waals surface area contributed by atoms with Crippen LogP contribution < -0.4 is 5.32 Å². The van der Waals surface area contributed by atoms with Crippen LogP contribution >= 0.6 is 0 Å². The highest BCUT2D eigenvalue weighted by Gasteiger charge is 2.21. The van der Waals surface area contributed by atoms with Gasteiger partial charge in [-0.2, -0.15) is 0 Å². The molecule has 0 aliphatic heterocycles. The van der Waals surface area contributed by atoms with Gasteiger partial charge < -0.3 is 5.32 Å². The molecule has 0 aromatic carbocycles. The van der Waals surface area contributed by atoms with Crippen LogP contribution in [0.4, 0.5) is 0 Å². The predicted molar refractivity (Wildman–Crippen MR) is 93.5 cm³/mol. The molecule has 0 aliphatic carbocycles. The maximum Gasteiger partial charge on any atom is 0.0173 e. The first-order valence-electron chi connectivity index (χ1n) is 9.49. The van der Waals surface area contributed by atoms with Crippen molar-refractivity contribution in [2.75, 3.05) is 6.54 Å². The zero-order chi connectivity index (χ0) is 15.1. The smallest absolute Gasteiger partial charge is 0.0173 e. The molecule has 0 atom stereocenters. The van der Waals surface area contributed by atoms with Crippen LogP contribution in [0.5, 0.6) is 0 Å². The van der Waals surface area contributed by atoms with Crippen molar-refractivity contribution >= 4 is 0 Å². The fraction of sp³-hybridized carbons (Fsp3) is 1.00. The topological polar surface area (TPSA) is 12.0 Å². The summed E-state index contributed by atoms with van der Waals surface area (Å²) in [4.78, 5) is 0. The minimum absolute atomic E-state index is 0.416. The summed E-state index contributed by atoms with van der Waals surface area (Å²) in [6.45, 7) is 10.5. The van der Waals surface area contributed by atoms with E-state index in [1.54, 1.807) is 0 Å². The van der Waals surface area contributed by atoms with E-state index in [0.29, 0.717) is 5.54 Å². The molecule has 0 aromatic heterocycles. The van der Waals surface area contributed by atoms with Gasteiger partial charge in [0.15, 0.2) is 0 Å². The van der Waals surface area contributed by atoms with E-state index in [-0.39, 0.29) is 0 Å². The van der Waals surface area contributed by atoms with Crippen molar-refractivity contribution in [2.24, 2.45) is 0 Å². The maximum absolute atomic E-state index is 3.81. The van der Waals surface area contributed by atoms with Crippen molar-refractivity contribution in [3.8, 4) is 0 Å². The summed E-state index contributed by atoms with van der Waals surface area (Å²) < 4.78 is 0. The fourth-order valence-electron chi connectivity index (χ4n) is 3.09. The van der Waals surface area contributed by atoms with Gasteiger partial charge in [-0.1, -0.05) is 85.5 Å². The van der Waals surface area contributed by atoms with Crippen molar-refractivity contribution in [1.82, 2.24) is 5.32 Å². The molecule has 122 valence electrons. The number of nitrogens with one attached hydrogen (secondary N) is 1. The lowest BCUT2D eigenvalue weighted by molar-refractivity contribution is 0.288. The van der Waals surface area contributed by atoms with Gasteiger partial charge in [-0.3, -0.25) is 0 Å². The SMILES string of the molecule is CCCCCCCCCCCCNC(CC)(CC)CC. The molecule has 1 N–H and O–H groups in total. The Kier molecular flexibility index (Phi) is 13.9. The standard InChI is InChI=1S/C19H41N/c1-5-9-10-11-12-13-14-15-16-17-18-20-19(6-2,7-3)8-4/h20H,5-18H2,1-4H3. The van der Waals surface area contributed by atoms with Crippen LogP contribution in [0.3, 0.4) is 0 Å². The summed E-state index contributed by atoms with van der Waals surface area (Å²) in [7, 11) is 0. The van der Waals surface area contributed by atoms with Crippen LogP contribution in [-0.2, 0) is 0 Å². The first kappa shape index (κ1) is 20.0. The molecule has 0 saturated carbocycles. The Hall–Kier alpha value is -0.0400. The van der Waals surface area contributed by atoms with E-state index in [1.165, 1.54) is 90.0 Å². The quantitative estimate of drug-likeness (QED) is 0.340. The summed E-state index contributed by atoms with van der Waals surface area (Å²) >= 11 is 0. The molecule has 0 aliphatic rings. The molecule has 0 radical (unpaired) electrons. The van der Waals surface area contributed by atoms with Gasteiger partial charge in [0.1, 0.15) is 0 Å². The molecule has 0 heterocycles. The highest BCUT2D eigenvalue weighted by Crippen LogP contribution is 2.19. The Morgan fingerprint density at radius 2 is 0.950 bits per heavy atom. The second kappa shape index (κ2) is 13.9. The van der Waals surface area contributed by atoms with Gasteiger partial charge in [0.05, 0.1) is 0 Å². The number of unbranched alkanes of at least 4 members (excludes halogenated alkanes) is 9. The van der Waals surface area contributed by atoms with Gasteiger partial charge >= 0.3 is 0 Å². The van der Waals surface area contributed by atoms with Gasteiger partial charge in [0.25, 0.3) is 0 Å². The van der Waals surface area contributed by atoms with Crippen molar-refractivity contribution < 1.29 is 0 Å². The third-order valence-corrected chi connectivity index (χ3v) is 5.06. The van der Waals surface area contributed by atoms with Crippen molar-refractivity contribution in [3.05, 3.63) is 0 Å². The van der Waals surface area contributed by atoms with E-state index >= 15 is 0 Å². The van der Waals surface area contributed by atoms with Gasteiger partial charge in [-0.05, 0) is 32.2 Å². The molecule has 0 aromatic rings. The van der Waals surface area contributed by atoms with E-state index in [4.69, 9.17) is 0 Å². The van der Waals surface area contributed by atoms with Crippen LogP contribution in [-0.4, -0.2) is 12.1 Å². The molecule has 0 saturated heterocycles. The molecule has 0 spiro atoms. The first-order valence-corrected chi connectivity index (χ1v) is 9.49. The van der Waals surface area contributed by atoms with Gasteiger partial charge in [-0.25, -0.2) is 0 Å². The third kappa shape index (κ3) is 9.80. The molecule has 1 heteroatoms. The second-order valence-corrected chi connectivity index (χ2v) is 6.45. The molecular formula is C19H41N. The van der Waals surface area contributed by atoms with E-state index in [0.717, 1.165) is 0 Å². The lowest BCUT2D eigenvalue weighted by Gasteiger charge is -2.32. The summed E-state index contributed by atoms with van der Waals surface area (Å²) in [5.74, 6) is 0. The lowest BCUT2D eigenvalue weighted by Crippen LogP contribution is -2.44. The zero-order valence-electron chi connectivity index (χ0n) is 14.9. The molecule has 20 heavy (non-hydrogen) atoms. The second-order valence-electron chi connectivity index (χ2n) is 6.45. The summed E-state index contributed by atoms with van der Waals surface area (Å²) in [5, 5.41) is 3.81. The largest absolute Gasteiger partial charge is 0.311 e. The van der Waals surface area contributed by atoms with Crippen LogP contribution in [0.2, 0.25) is 0 Å². The normalized spacial score (nSPS) is 12.0. The fourth-order valence-corrected chi connectivity index (χ4v) is 3.09. The van der Waals surface area contributed by atoms with Gasteiger partial charge in [0.2, 0.25) is 0 Å². The van der Waals surface area contributed by atoms with E-state index < -0.39 is 0 Å². The summed E-state index contributed by atoms with van der Waals surface area (Å²) in [5.41, 5.74) is 0.416. The van der Waals surface area contributed by atoms with E-state index in [1.807, 2.05) is 0 Å². The summed E-state index contributed by atoms with van der Waals surface area (Å²) in [6, 6.07) is 0. The Labute approximate surface area is 129 Å². The van der Waals surface area contributed by atoms with Crippen molar-refractivity contribution in [2.45, 2.75) is 117 Å². The average Bonchev–Trinajstić information content (AvgIpc) is 2.49. The highest BCUT2D eigenvalue weighted by atomic mass is 15.0. The summed E-state index contributed by atoms with van der Waals surface area (Å²) in [6.07, 6.45) is 18.1. The minimum atomic E-state index is 0.416. The van der Waals surface area contributed by atoms with Crippen LogP contribution in [0.15, 0.2) is 0 Å². The van der Waals surface area contributed by atoms with Crippen LogP contribution in [0, 0.1) is 0 Å². The van der Waals surface area contributed by atoms with Crippen LogP contribution in [0.25, 0.3) is 0 Å². The zero-order valence-corrected chi connectivity index (χ0v) is 14.9. The monoisotopic (exact) mass is 283 g/mol. The third-order valence-electron chi connectivity index (χ3n) is 5.06. The van der Waals surface area contributed by atoms with Gasteiger partial charge in [-0.15, -0.1) is 0 Å². The number of rotatable bonds is 15. The van der Waals surface area contributed by atoms with Gasteiger partial charge in [0, 0.05) is 5.54 Å². The molecule has 0 unspecified atom stereocenters. The maximum atomic E-state index is 3.81. The number of hydrogen-bond acceptors (Lipinski definition) is 1. The van der Waals surface area contributed by atoms with Crippen molar-refractivity contribution in [1.29, 1.82) is 0 Å². The average molecular weight is 284 g/mol. The Bertz CT molecular complexity index is 176. The Morgan fingerprint density at radius 1 is 0.550 bits per heavy atom. The minimum Gasteiger partial charge on any atom is -0.311 e. The Morgan fingerprint density at radius 3 is 1.35 bits per heavy atom.